The third-order valence-electron chi connectivity index (χ3n) is 6.67. The molecular formula is C23H40NO2+. The number of ether oxygens (including phenoxy) is 2. The first-order chi connectivity index (χ1) is 12.5. The molecule has 0 spiro atoms. The maximum Gasteiger partial charge on any atom is 0.161 e. The molecule has 3 aliphatic rings. The van der Waals surface area contributed by atoms with Gasteiger partial charge in [-0.1, -0.05) is 30.2 Å². The molecule has 2 saturated heterocycles. The van der Waals surface area contributed by atoms with Crippen LogP contribution < -0.4 is 0 Å². The van der Waals surface area contributed by atoms with E-state index in [0.717, 1.165) is 19.6 Å². The molecule has 3 nitrogen and oxygen atoms in total. The molecule has 3 heteroatoms. The van der Waals surface area contributed by atoms with Crippen molar-refractivity contribution in [2.45, 2.75) is 78.1 Å². The first-order valence-corrected chi connectivity index (χ1v) is 10.9. The second-order valence-electron chi connectivity index (χ2n) is 9.53. The van der Waals surface area contributed by atoms with E-state index in [2.05, 4.69) is 40.0 Å². The van der Waals surface area contributed by atoms with E-state index in [1.165, 1.54) is 61.7 Å². The Morgan fingerprint density at radius 2 is 2.00 bits per heavy atom. The number of allylic oxidation sites excluding steroid dienone is 4. The van der Waals surface area contributed by atoms with E-state index in [0.29, 0.717) is 17.9 Å². The van der Waals surface area contributed by atoms with E-state index >= 15 is 0 Å². The summed E-state index contributed by atoms with van der Waals surface area (Å²) < 4.78 is 13.7. The van der Waals surface area contributed by atoms with E-state index in [1.807, 2.05) is 0 Å². The topological polar surface area (TPSA) is 18.5 Å². The zero-order valence-corrected chi connectivity index (χ0v) is 17.5. The van der Waals surface area contributed by atoms with Crippen LogP contribution in [0.1, 0.15) is 65.7 Å². The summed E-state index contributed by atoms with van der Waals surface area (Å²) in [6.45, 7) is 11.3. The van der Waals surface area contributed by atoms with Crippen LogP contribution in [-0.4, -0.2) is 50.2 Å². The molecular weight excluding hydrogens is 322 g/mol. The number of piperidine rings is 1. The van der Waals surface area contributed by atoms with Crippen LogP contribution >= 0.6 is 0 Å². The van der Waals surface area contributed by atoms with Crippen molar-refractivity contribution in [3.63, 3.8) is 0 Å². The van der Waals surface area contributed by atoms with Gasteiger partial charge in [0.05, 0.1) is 26.7 Å². The summed E-state index contributed by atoms with van der Waals surface area (Å²) in [5.74, 6) is 1.18. The molecule has 0 aromatic rings. The van der Waals surface area contributed by atoms with Crippen molar-refractivity contribution in [1.82, 2.24) is 0 Å². The summed E-state index contributed by atoms with van der Waals surface area (Å²) in [6, 6.07) is 0. The summed E-state index contributed by atoms with van der Waals surface area (Å²) in [6.07, 6.45) is 14.0. The van der Waals surface area contributed by atoms with Crippen molar-refractivity contribution >= 4 is 0 Å². The van der Waals surface area contributed by atoms with E-state index in [1.54, 1.807) is 5.57 Å². The number of hydrogen-bond donors (Lipinski definition) is 0. The molecule has 26 heavy (non-hydrogen) atoms. The fraction of sp³-hybridized carbons (Fsp3) is 0.826. The Hall–Kier alpha value is -0.640. The predicted molar refractivity (Wildman–Crippen MR) is 108 cm³/mol. The van der Waals surface area contributed by atoms with Gasteiger partial charge in [-0.3, -0.25) is 0 Å². The van der Waals surface area contributed by atoms with Crippen LogP contribution in [0.2, 0.25) is 0 Å². The van der Waals surface area contributed by atoms with Crippen LogP contribution in [0, 0.1) is 11.8 Å². The molecule has 3 rings (SSSR count). The number of likely N-dealkylation sites (tertiary alicyclic amines) is 1. The Kier molecular flexibility index (Phi) is 6.98. The number of likely N-dealkylation sites (N-methyl/N-ethyl adjacent to an activating group) is 1. The monoisotopic (exact) mass is 362 g/mol. The molecule has 0 N–H and O–H groups in total. The Morgan fingerprint density at radius 1 is 1.23 bits per heavy atom. The zero-order chi connectivity index (χ0) is 18.6. The molecule has 148 valence electrons. The average molecular weight is 363 g/mol. The average Bonchev–Trinajstić information content (AvgIpc) is 3.02. The fourth-order valence-electron chi connectivity index (χ4n) is 5.05. The molecule has 0 radical (unpaired) electrons. The van der Waals surface area contributed by atoms with Crippen molar-refractivity contribution < 1.29 is 14.0 Å². The van der Waals surface area contributed by atoms with Crippen LogP contribution in [0.3, 0.4) is 0 Å². The largest absolute Gasteiger partial charge is 0.349 e. The van der Waals surface area contributed by atoms with Gasteiger partial charge in [0, 0.05) is 5.92 Å². The van der Waals surface area contributed by atoms with E-state index < -0.39 is 0 Å². The molecule has 2 fully saturated rings. The molecule has 0 unspecified atom stereocenters. The Bertz CT molecular complexity index is 514. The van der Waals surface area contributed by atoms with Crippen LogP contribution in [-0.2, 0) is 9.47 Å². The normalized spacial score (nSPS) is 34.4. The summed E-state index contributed by atoms with van der Waals surface area (Å²) in [7, 11) is 2.40. The first-order valence-electron chi connectivity index (χ1n) is 10.9. The molecule has 0 aromatic heterocycles. The fourth-order valence-corrected chi connectivity index (χ4v) is 5.05. The molecule has 0 bridgehead atoms. The quantitative estimate of drug-likeness (QED) is 0.485. The van der Waals surface area contributed by atoms with Crippen LogP contribution in [0.15, 0.2) is 23.3 Å². The summed E-state index contributed by atoms with van der Waals surface area (Å²) >= 11 is 0. The highest BCUT2D eigenvalue weighted by Gasteiger charge is 2.40. The molecule has 0 amide bonds. The maximum atomic E-state index is 6.41. The minimum absolute atomic E-state index is 0.0157. The van der Waals surface area contributed by atoms with Crippen LogP contribution in [0.4, 0.5) is 0 Å². The third-order valence-corrected chi connectivity index (χ3v) is 6.67. The second-order valence-corrected chi connectivity index (χ2v) is 9.53. The standard InChI is InChI=1S/C23H40NO2/c1-18(2)9-8-10-20-11-12-22(19(3)15-20)23-25-17-21(26-23)16-24(4)13-6-5-7-14-24/h9,11,19,21-23H,5-8,10,12-17H2,1-4H3/q+1/t19-,21-,22+,23+/m0/s1. The highest BCUT2D eigenvalue weighted by Crippen LogP contribution is 2.37. The van der Waals surface area contributed by atoms with E-state index in [-0.39, 0.29) is 6.29 Å². The molecule has 1 aliphatic carbocycles. The van der Waals surface area contributed by atoms with Crippen molar-refractivity contribution in [3.8, 4) is 0 Å². The van der Waals surface area contributed by atoms with Gasteiger partial charge in [0.1, 0.15) is 12.6 Å². The highest BCUT2D eigenvalue weighted by atomic mass is 16.7. The van der Waals surface area contributed by atoms with Crippen molar-refractivity contribution in [1.29, 1.82) is 0 Å². The number of hydrogen-bond acceptors (Lipinski definition) is 2. The smallest absolute Gasteiger partial charge is 0.161 e. The minimum atomic E-state index is 0.0157. The van der Waals surface area contributed by atoms with Gasteiger partial charge in [-0.25, -0.2) is 0 Å². The van der Waals surface area contributed by atoms with E-state index in [4.69, 9.17) is 9.47 Å². The molecule has 4 atom stereocenters. The maximum absolute atomic E-state index is 6.41. The van der Waals surface area contributed by atoms with Crippen molar-refractivity contribution in [2.24, 2.45) is 11.8 Å². The lowest BCUT2D eigenvalue weighted by Crippen LogP contribution is -2.52. The SMILES string of the molecule is CC(C)=CCCC1=CC[C@@H]([C@@H]2OC[C@H](C[N+]3(C)CCCCC3)O2)[C@@H](C)C1. The number of rotatable bonds is 6. The molecule has 0 aromatic carbocycles. The van der Waals surface area contributed by atoms with Gasteiger partial charge < -0.3 is 14.0 Å². The van der Waals surface area contributed by atoms with Gasteiger partial charge in [0.15, 0.2) is 6.29 Å². The van der Waals surface area contributed by atoms with Gasteiger partial charge in [-0.2, -0.15) is 0 Å². The van der Waals surface area contributed by atoms with Gasteiger partial charge in [-0.05, 0) is 64.7 Å². The molecule has 2 aliphatic heterocycles. The Balaban J connectivity index is 1.48. The lowest BCUT2D eigenvalue weighted by Gasteiger charge is -2.39. The van der Waals surface area contributed by atoms with Crippen molar-refractivity contribution in [3.05, 3.63) is 23.3 Å². The first kappa shape index (κ1) is 20.1. The van der Waals surface area contributed by atoms with Crippen molar-refractivity contribution in [2.75, 3.05) is 33.3 Å². The molecule has 0 saturated carbocycles. The van der Waals surface area contributed by atoms with Gasteiger partial charge >= 0.3 is 0 Å². The summed E-state index contributed by atoms with van der Waals surface area (Å²) in [5, 5.41) is 0. The van der Waals surface area contributed by atoms with Gasteiger partial charge in [0.25, 0.3) is 0 Å². The number of nitrogens with zero attached hydrogens (tertiary/aromatic N) is 1. The van der Waals surface area contributed by atoms with Crippen LogP contribution in [0.25, 0.3) is 0 Å². The van der Waals surface area contributed by atoms with Gasteiger partial charge in [-0.15, -0.1) is 0 Å². The minimum Gasteiger partial charge on any atom is -0.349 e. The number of quaternary nitrogens is 1. The van der Waals surface area contributed by atoms with E-state index in [9.17, 15) is 0 Å². The second kappa shape index (κ2) is 9.03. The Labute approximate surface area is 161 Å². The summed E-state index contributed by atoms with van der Waals surface area (Å²) in [4.78, 5) is 0. The molecule has 2 heterocycles. The van der Waals surface area contributed by atoms with Gasteiger partial charge in [0.2, 0.25) is 0 Å². The Morgan fingerprint density at radius 3 is 2.69 bits per heavy atom. The predicted octanol–water partition coefficient (Wildman–Crippen LogP) is 5.08. The summed E-state index contributed by atoms with van der Waals surface area (Å²) in [5.41, 5.74) is 3.06. The lowest BCUT2D eigenvalue weighted by atomic mass is 9.79. The van der Waals surface area contributed by atoms with Crippen LogP contribution in [0.5, 0.6) is 0 Å². The zero-order valence-electron chi connectivity index (χ0n) is 17.5. The third kappa shape index (κ3) is 5.43. The lowest BCUT2D eigenvalue weighted by molar-refractivity contribution is -0.916. The highest BCUT2D eigenvalue weighted by molar-refractivity contribution is 5.10.